The molecule has 1 N–H and O–H groups in total. The quantitative estimate of drug-likeness (QED) is 0.200. The number of amides is 2. The summed E-state index contributed by atoms with van der Waals surface area (Å²) >= 11 is 0. The zero-order valence-corrected chi connectivity index (χ0v) is 24.3. The zero-order valence-electron chi connectivity index (χ0n) is 24.3. The van der Waals surface area contributed by atoms with E-state index in [2.05, 4.69) is 0 Å². The molecule has 0 radical (unpaired) electrons. The van der Waals surface area contributed by atoms with Gasteiger partial charge in [0, 0.05) is 25.5 Å². The fraction of sp³-hybridized carbons (Fsp3) is 0.406. The molecule has 3 rings (SSSR count). The molecule has 0 aromatic heterocycles. The number of esters is 1. The highest BCUT2D eigenvalue weighted by molar-refractivity contribution is 6.25. The van der Waals surface area contributed by atoms with Crippen LogP contribution in [0.1, 0.15) is 56.4 Å². The van der Waals surface area contributed by atoms with Gasteiger partial charge in [0.25, 0.3) is 0 Å². The maximum Gasteiger partial charge on any atom is 0.417 e. The van der Waals surface area contributed by atoms with Gasteiger partial charge in [0.1, 0.15) is 6.10 Å². The number of benzene rings is 2. The normalized spacial score (nSPS) is 18.3. The number of imide groups is 1. The van der Waals surface area contributed by atoms with E-state index in [0.717, 1.165) is 23.5 Å². The molecule has 2 aromatic rings. The lowest BCUT2D eigenvalue weighted by molar-refractivity contribution is -0.158. The first-order chi connectivity index (χ1) is 20.0. The molecule has 0 spiro atoms. The summed E-state index contributed by atoms with van der Waals surface area (Å²) in [5.74, 6) is -3.92. The Hall–Kier alpha value is -4.15. The third-order valence-corrected chi connectivity index (χ3v) is 6.90. The fourth-order valence-corrected chi connectivity index (χ4v) is 4.78. The minimum atomic E-state index is -1.59. The smallest absolute Gasteiger partial charge is 0.417 e. The van der Waals surface area contributed by atoms with Crippen molar-refractivity contribution in [2.45, 2.75) is 58.8 Å². The van der Waals surface area contributed by atoms with Gasteiger partial charge < -0.3 is 19.3 Å². The molecule has 10 nitrogen and oxygen atoms in total. The van der Waals surface area contributed by atoms with Gasteiger partial charge in [-0.25, -0.2) is 9.69 Å². The molecule has 1 heterocycles. The van der Waals surface area contributed by atoms with Gasteiger partial charge >= 0.3 is 12.1 Å². The summed E-state index contributed by atoms with van der Waals surface area (Å²) in [4.78, 5) is 66.2. The van der Waals surface area contributed by atoms with Crippen LogP contribution >= 0.6 is 0 Å². The third-order valence-electron chi connectivity index (χ3n) is 6.90. The number of allylic oxidation sites excluding steroid dienone is 1. The second kappa shape index (κ2) is 15.2. The Morgan fingerprint density at radius 2 is 1.79 bits per heavy atom. The van der Waals surface area contributed by atoms with Crippen molar-refractivity contribution >= 4 is 35.1 Å². The molecule has 0 saturated carbocycles. The molecule has 42 heavy (non-hydrogen) atoms. The molecule has 1 aliphatic rings. The van der Waals surface area contributed by atoms with Crippen LogP contribution < -0.4 is 0 Å². The Morgan fingerprint density at radius 3 is 2.43 bits per heavy atom. The van der Waals surface area contributed by atoms with Crippen molar-refractivity contribution in [1.82, 2.24) is 4.90 Å². The number of Topliss-reactive ketones (excluding diaryl/α,β-unsaturated/α-hetero) is 1. The van der Waals surface area contributed by atoms with Gasteiger partial charge in [-0.1, -0.05) is 60.2 Å². The predicted molar refractivity (Wildman–Crippen MR) is 153 cm³/mol. The molecule has 0 bridgehead atoms. The van der Waals surface area contributed by atoms with Gasteiger partial charge in [-0.15, -0.1) is 0 Å². The Bertz CT molecular complexity index is 1320. The van der Waals surface area contributed by atoms with Gasteiger partial charge in [0.2, 0.25) is 5.91 Å². The highest BCUT2D eigenvalue weighted by Crippen LogP contribution is 2.34. The summed E-state index contributed by atoms with van der Waals surface area (Å²) in [6.07, 6.45) is -1.64. The van der Waals surface area contributed by atoms with Crippen LogP contribution in [0.5, 0.6) is 0 Å². The summed E-state index contributed by atoms with van der Waals surface area (Å²) in [6.45, 7) is 6.27. The number of carbonyl (C=O) groups excluding carboxylic acids is 5. The number of aliphatic hydroxyl groups is 1. The number of aryl methyl sites for hydroxylation is 1. The summed E-state index contributed by atoms with van der Waals surface area (Å²) in [6, 6.07) is 15.3. The molecule has 4 atom stereocenters. The SMILES string of the molecule is CC(=O)OC(C(=O)C=C(C(=O)CCCOCCO)c1cccc(C)c1)C(C)C(=O)N1C(=O)OC(c2ccccc2)C1C. The first-order valence-corrected chi connectivity index (χ1v) is 13.8. The predicted octanol–water partition coefficient (Wildman–Crippen LogP) is 3.98. The Balaban J connectivity index is 1.88. The van der Waals surface area contributed by atoms with Gasteiger partial charge in [0.15, 0.2) is 17.7 Å². The number of hydrogen-bond acceptors (Lipinski definition) is 9. The van der Waals surface area contributed by atoms with E-state index in [0.29, 0.717) is 17.5 Å². The number of nitrogens with zero attached hydrogens (tertiary/aromatic N) is 1. The van der Waals surface area contributed by atoms with Crippen molar-refractivity contribution in [1.29, 1.82) is 0 Å². The average Bonchev–Trinajstić information content (AvgIpc) is 3.27. The maximum atomic E-state index is 13.6. The molecular weight excluding hydrogens is 542 g/mol. The van der Waals surface area contributed by atoms with Crippen molar-refractivity contribution in [3.05, 3.63) is 77.4 Å². The standard InChI is InChI=1S/C32H37NO9/c1-20-10-8-13-25(18-20)26(27(36)14-9-16-40-17-15-34)19-28(37)29(41-23(4)35)21(2)31(38)33-22(3)30(42-32(33)39)24-11-6-5-7-12-24/h5-8,10-13,18-19,21-22,29-30,34H,9,14-17H2,1-4H3. The van der Waals surface area contributed by atoms with Crippen LogP contribution in [-0.2, 0) is 33.4 Å². The number of ether oxygens (including phenoxy) is 3. The van der Waals surface area contributed by atoms with Gasteiger partial charge in [-0.3, -0.25) is 19.2 Å². The number of rotatable bonds is 14. The lowest BCUT2D eigenvalue weighted by Crippen LogP contribution is -2.47. The summed E-state index contributed by atoms with van der Waals surface area (Å²) in [5, 5.41) is 8.87. The molecule has 2 aromatic carbocycles. The number of hydrogen-bond donors (Lipinski definition) is 1. The van der Waals surface area contributed by atoms with Crippen molar-refractivity contribution in [3.63, 3.8) is 0 Å². The average molecular weight is 580 g/mol. The minimum Gasteiger partial charge on any atom is -0.453 e. The van der Waals surface area contributed by atoms with Crippen LogP contribution in [0, 0.1) is 12.8 Å². The molecule has 224 valence electrons. The highest BCUT2D eigenvalue weighted by atomic mass is 16.6. The molecule has 0 aliphatic carbocycles. The lowest BCUT2D eigenvalue weighted by atomic mass is 9.92. The number of ketones is 2. The molecule has 4 unspecified atom stereocenters. The van der Waals surface area contributed by atoms with Crippen molar-refractivity contribution in [2.75, 3.05) is 19.8 Å². The van der Waals surface area contributed by atoms with Crippen LogP contribution in [0.2, 0.25) is 0 Å². The summed E-state index contributed by atoms with van der Waals surface area (Å²) < 4.78 is 16.0. The fourth-order valence-electron chi connectivity index (χ4n) is 4.78. The monoisotopic (exact) mass is 579 g/mol. The number of cyclic esters (lactones) is 1. The van der Waals surface area contributed by atoms with E-state index < -0.39 is 47.9 Å². The summed E-state index contributed by atoms with van der Waals surface area (Å²) in [5.41, 5.74) is 2.16. The second-order valence-electron chi connectivity index (χ2n) is 10.2. The Labute approximate surface area is 245 Å². The second-order valence-corrected chi connectivity index (χ2v) is 10.2. The lowest BCUT2D eigenvalue weighted by Gasteiger charge is -2.26. The van der Waals surface area contributed by atoms with E-state index in [1.807, 2.05) is 19.1 Å². The van der Waals surface area contributed by atoms with Gasteiger partial charge in [-0.2, -0.15) is 0 Å². The van der Waals surface area contributed by atoms with Crippen LogP contribution in [-0.4, -0.2) is 71.5 Å². The van der Waals surface area contributed by atoms with Gasteiger partial charge in [-0.05, 0) is 44.4 Å². The molecule has 1 saturated heterocycles. The Kier molecular flexibility index (Phi) is 11.7. The highest BCUT2D eigenvalue weighted by Gasteiger charge is 2.47. The number of aliphatic hydroxyl groups excluding tert-OH is 1. The van der Waals surface area contributed by atoms with Crippen LogP contribution in [0.25, 0.3) is 5.57 Å². The zero-order chi connectivity index (χ0) is 30.8. The van der Waals surface area contributed by atoms with Crippen molar-refractivity contribution in [2.24, 2.45) is 5.92 Å². The van der Waals surface area contributed by atoms with Crippen LogP contribution in [0.15, 0.2) is 60.7 Å². The molecule has 2 amide bonds. The van der Waals surface area contributed by atoms with Crippen molar-refractivity contribution < 1.29 is 43.3 Å². The molecule has 10 heteroatoms. The summed E-state index contributed by atoms with van der Waals surface area (Å²) in [7, 11) is 0. The first-order valence-electron chi connectivity index (χ1n) is 13.8. The minimum absolute atomic E-state index is 0.0587. The number of carbonyl (C=O) groups is 5. The van der Waals surface area contributed by atoms with E-state index in [1.54, 1.807) is 49.4 Å². The van der Waals surface area contributed by atoms with E-state index >= 15 is 0 Å². The van der Waals surface area contributed by atoms with Crippen molar-refractivity contribution in [3.8, 4) is 0 Å². The molecule has 1 aliphatic heterocycles. The Morgan fingerprint density at radius 1 is 1.07 bits per heavy atom. The van der Waals surface area contributed by atoms with E-state index in [1.165, 1.54) is 6.92 Å². The first kappa shape index (κ1) is 32.4. The topological polar surface area (TPSA) is 137 Å². The van der Waals surface area contributed by atoms with Crippen LogP contribution in [0.3, 0.4) is 0 Å². The van der Waals surface area contributed by atoms with Gasteiger partial charge in [0.05, 0.1) is 25.2 Å². The van der Waals surface area contributed by atoms with E-state index in [-0.39, 0.29) is 37.6 Å². The third kappa shape index (κ3) is 8.20. The van der Waals surface area contributed by atoms with E-state index in [4.69, 9.17) is 19.3 Å². The molecular formula is C32H37NO9. The maximum absolute atomic E-state index is 13.6. The van der Waals surface area contributed by atoms with E-state index in [9.17, 15) is 24.0 Å². The molecule has 1 fully saturated rings. The largest absolute Gasteiger partial charge is 0.453 e. The van der Waals surface area contributed by atoms with Crippen LogP contribution in [0.4, 0.5) is 4.79 Å².